The number of aliphatic hydroxyl groups excluding tert-OH is 1. The van der Waals surface area contributed by atoms with Gasteiger partial charge in [0.1, 0.15) is 5.44 Å². The van der Waals surface area contributed by atoms with E-state index < -0.39 is 6.10 Å². The van der Waals surface area contributed by atoms with Crippen molar-refractivity contribution in [3.8, 4) is 0 Å². The maximum absolute atomic E-state index is 10.4. The van der Waals surface area contributed by atoms with Gasteiger partial charge in [-0.15, -0.1) is 0 Å². The Hall–Kier alpha value is -0.300. The van der Waals surface area contributed by atoms with Crippen LogP contribution in [0.3, 0.4) is 0 Å². The normalized spacial score (nSPS) is 40.4. The van der Waals surface area contributed by atoms with Crippen molar-refractivity contribution in [1.82, 2.24) is 10.2 Å². The molecule has 0 aromatic rings. The lowest BCUT2D eigenvalue weighted by atomic mass is 9.90. The standard InChI is InChI=1S/C14H25N3O2S/c1-4-17(3)14-16-11-8(2)12(18)10(19-13(11)20-14)7-15-9-5-6-9/h8-13,15,18H,4-7H2,1-3H3/t8-,10-,11-,12+,13-/m1/s1. The van der Waals surface area contributed by atoms with Crippen LogP contribution in [0, 0.1) is 5.92 Å². The Labute approximate surface area is 125 Å². The summed E-state index contributed by atoms with van der Waals surface area (Å²) in [5.41, 5.74) is 0.0587. The van der Waals surface area contributed by atoms with Crippen molar-refractivity contribution >= 4 is 16.9 Å². The molecule has 0 radical (unpaired) electrons. The number of ether oxygens (including phenoxy) is 1. The van der Waals surface area contributed by atoms with Crippen LogP contribution in [0.1, 0.15) is 26.7 Å². The summed E-state index contributed by atoms with van der Waals surface area (Å²) in [7, 11) is 2.05. The second-order valence-corrected chi connectivity index (χ2v) is 7.17. The van der Waals surface area contributed by atoms with Crippen LogP contribution in [0.5, 0.6) is 0 Å². The third kappa shape index (κ3) is 2.84. The van der Waals surface area contributed by atoms with Gasteiger partial charge in [0.25, 0.3) is 0 Å². The van der Waals surface area contributed by atoms with E-state index in [2.05, 4.69) is 31.1 Å². The van der Waals surface area contributed by atoms with Gasteiger partial charge in [-0.05, 0) is 19.8 Å². The Balaban J connectivity index is 1.63. The molecule has 3 aliphatic rings. The summed E-state index contributed by atoms with van der Waals surface area (Å²) < 4.78 is 6.11. The minimum Gasteiger partial charge on any atom is -0.390 e. The second-order valence-electron chi connectivity index (χ2n) is 6.11. The molecule has 6 heteroatoms. The molecule has 1 saturated heterocycles. The maximum Gasteiger partial charge on any atom is 0.161 e. The Morgan fingerprint density at radius 3 is 2.90 bits per heavy atom. The second kappa shape index (κ2) is 5.83. The average molecular weight is 299 g/mol. The zero-order chi connectivity index (χ0) is 14.3. The number of amidine groups is 1. The molecule has 0 amide bonds. The van der Waals surface area contributed by atoms with E-state index in [1.807, 2.05) is 0 Å². The van der Waals surface area contributed by atoms with Crippen molar-refractivity contribution in [1.29, 1.82) is 0 Å². The predicted octanol–water partition coefficient (Wildman–Crippen LogP) is 0.883. The lowest BCUT2D eigenvalue weighted by Gasteiger charge is -2.39. The van der Waals surface area contributed by atoms with E-state index in [0.717, 1.165) is 18.3 Å². The first kappa shape index (κ1) is 14.6. The van der Waals surface area contributed by atoms with E-state index >= 15 is 0 Å². The van der Waals surface area contributed by atoms with Gasteiger partial charge in [-0.2, -0.15) is 0 Å². The van der Waals surface area contributed by atoms with E-state index in [1.165, 1.54) is 12.8 Å². The number of aliphatic imine (C=N–C) groups is 1. The van der Waals surface area contributed by atoms with Gasteiger partial charge in [-0.1, -0.05) is 18.7 Å². The van der Waals surface area contributed by atoms with Gasteiger partial charge < -0.3 is 20.1 Å². The van der Waals surface area contributed by atoms with Crippen LogP contribution in [-0.2, 0) is 4.74 Å². The van der Waals surface area contributed by atoms with Gasteiger partial charge in [0, 0.05) is 32.1 Å². The van der Waals surface area contributed by atoms with Crippen molar-refractivity contribution in [3.63, 3.8) is 0 Å². The van der Waals surface area contributed by atoms with Gasteiger partial charge in [-0.25, -0.2) is 0 Å². The third-order valence-corrected chi connectivity index (χ3v) is 5.76. The van der Waals surface area contributed by atoms with E-state index in [4.69, 9.17) is 9.73 Å². The number of hydrogen-bond acceptors (Lipinski definition) is 6. The van der Waals surface area contributed by atoms with Gasteiger partial charge in [0.15, 0.2) is 5.17 Å². The largest absolute Gasteiger partial charge is 0.390 e. The molecule has 5 nitrogen and oxygen atoms in total. The van der Waals surface area contributed by atoms with Crippen LogP contribution < -0.4 is 5.32 Å². The summed E-state index contributed by atoms with van der Waals surface area (Å²) in [6.07, 6.45) is 1.97. The minimum absolute atomic E-state index is 0.0587. The van der Waals surface area contributed by atoms with E-state index in [1.54, 1.807) is 11.8 Å². The molecule has 114 valence electrons. The van der Waals surface area contributed by atoms with E-state index in [9.17, 15) is 5.11 Å². The molecule has 0 unspecified atom stereocenters. The molecule has 2 N–H and O–H groups in total. The van der Waals surface area contributed by atoms with Gasteiger partial charge >= 0.3 is 0 Å². The lowest BCUT2D eigenvalue weighted by Crippen LogP contribution is -2.53. The summed E-state index contributed by atoms with van der Waals surface area (Å²) in [6, 6.07) is 0.726. The van der Waals surface area contributed by atoms with Crippen LogP contribution in [0.2, 0.25) is 0 Å². The zero-order valence-corrected chi connectivity index (χ0v) is 13.3. The van der Waals surface area contributed by atoms with Crippen molar-refractivity contribution in [2.75, 3.05) is 20.1 Å². The molecule has 2 aliphatic heterocycles. The number of rotatable bonds is 4. The van der Waals surface area contributed by atoms with Crippen LogP contribution in [0.25, 0.3) is 0 Å². The van der Waals surface area contributed by atoms with Crippen molar-refractivity contribution in [2.24, 2.45) is 10.9 Å². The zero-order valence-electron chi connectivity index (χ0n) is 12.5. The average Bonchev–Trinajstić information content (AvgIpc) is 3.18. The molecule has 0 spiro atoms. The first-order valence-corrected chi connectivity index (χ1v) is 8.50. The van der Waals surface area contributed by atoms with Crippen LogP contribution in [0.4, 0.5) is 0 Å². The summed E-state index contributed by atoms with van der Waals surface area (Å²) >= 11 is 1.70. The molecule has 0 aromatic carbocycles. The Kier molecular flexibility index (Phi) is 4.26. The highest BCUT2D eigenvalue weighted by molar-refractivity contribution is 8.14. The highest BCUT2D eigenvalue weighted by Crippen LogP contribution is 2.39. The number of nitrogens with one attached hydrogen (secondary N) is 1. The summed E-state index contributed by atoms with van der Waals surface area (Å²) in [5.74, 6) is 0.148. The molecule has 3 rings (SSSR count). The number of thioether (sulfide) groups is 1. The smallest absolute Gasteiger partial charge is 0.161 e. The van der Waals surface area contributed by atoms with Crippen molar-refractivity contribution in [3.05, 3.63) is 0 Å². The molecule has 5 atom stereocenters. The number of aliphatic hydroxyl groups is 1. The molecule has 0 bridgehead atoms. The van der Waals surface area contributed by atoms with Gasteiger partial charge in [0.05, 0.1) is 18.2 Å². The molecular weight excluding hydrogens is 274 g/mol. The maximum atomic E-state index is 10.4. The molecule has 2 fully saturated rings. The minimum atomic E-state index is -0.432. The Morgan fingerprint density at radius 1 is 1.50 bits per heavy atom. The van der Waals surface area contributed by atoms with E-state index in [0.29, 0.717) is 6.04 Å². The highest BCUT2D eigenvalue weighted by Gasteiger charge is 2.47. The predicted molar refractivity (Wildman–Crippen MR) is 82.0 cm³/mol. The lowest BCUT2D eigenvalue weighted by molar-refractivity contribution is -0.118. The van der Waals surface area contributed by atoms with E-state index in [-0.39, 0.29) is 23.5 Å². The van der Waals surface area contributed by atoms with Gasteiger partial charge in [0.2, 0.25) is 0 Å². The first-order valence-electron chi connectivity index (χ1n) is 7.62. The summed E-state index contributed by atoms with van der Waals surface area (Å²) in [4.78, 5) is 6.90. The highest BCUT2D eigenvalue weighted by atomic mass is 32.2. The quantitative estimate of drug-likeness (QED) is 0.807. The fourth-order valence-corrected chi connectivity index (χ4v) is 4.07. The molecule has 20 heavy (non-hydrogen) atoms. The van der Waals surface area contributed by atoms with Crippen molar-refractivity contribution < 1.29 is 9.84 Å². The van der Waals surface area contributed by atoms with Crippen molar-refractivity contribution in [2.45, 2.75) is 56.4 Å². The molecule has 2 heterocycles. The fourth-order valence-electron chi connectivity index (χ4n) is 2.72. The Morgan fingerprint density at radius 2 is 2.25 bits per heavy atom. The fraction of sp³-hybridized carbons (Fsp3) is 0.929. The topological polar surface area (TPSA) is 57.1 Å². The summed E-state index contributed by atoms with van der Waals surface area (Å²) in [5, 5.41) is 14.9. The van der Waals surface area contributed by atoms with Crippen LogP contribution in [0.15, 0.2) is 4.99 Å². The third-order valence-electron chi connectivity index (χ3n) is 4.51. The Bertz CT molecular complexity index is 389. The van der Waals surface area contributed by atoms with Crippen LogP contribution in [-0.4, -0.2) is 65.0 Å². The molecule has 1 saturated carbocycles. The molecule has 0 aromatic heterocycles. The van der Waals surface area contributed by atoms with Gasteiger partial charge in [-0.3, -0.25) is 4.99 Å². The SMILES string of the molecule is CCN(C)C1=N[C@@H]2[C@@H](C)[C@H](O)[C@@H](CNC3CC3)O[C@@H]2S1. The molecule has 1 aliphatic carbocycles. The first-order chi connectivity index (χ1) is 9.60. The van der Waals surface area contributed by atoms with Crippen LogP contribution >= 0.6 is 11.8 Å². The monoisotopic (exact) mass is 299 g/mol. The molecular formula is C14H25N3O2S. The number of hydrogen-bond donors (Lipinski definition) is 2. The number of nitrogens with zero attached hydrogens (tertiary/aromatic N) is 2. The number of fused-ring (bicyclic) bond motifs is 1. The summed E-state index contributed by atoms with van der Waals surface area (Å²) in [6.45, 7) is 5.90.